The van der Waals surface area contributed by atoms with Crippen molar-refractivity contribution in [2.24, 2.45) is 0 Å². The van der Waals surface area contributed by atoms with E-state index in [1.807, 2.05) is 11.8 Å². The van der Waals surface area contributed by atoms with Crippen LogP contribution in [-0.4, -0.2) is 48.5 Å². The Labute approximate surface area is 199 Å². The topological polar surface area (TPSA) is 98.5 Å². The van der Waals surface area contributed by atoms with Crippen molar-refractivity contribution in [3.8, 4) is 17.7 Å². The predicted octanol–water partition coefficient (Wildman–Crippen LogP) is 3.68. The molecule has 8 heteroatoms. The van der Waals surface area contributed by atoms with Crippen LogP contribution in [0.15, 0.2) is 45.4 Å². The van der Waals surface area contributed by atoms with E-state index in [1.165, 1.54) is 29.5 Å². The van der Waals surface area contributed by atoms with Crippen molar-refractivity contribution in [2.45, 2.75) is 38.6 Å². The number of carbonyl (C=O) groups excluding carboxylic acids is 1. The van der Waals surface area contributed by atoms with Crippen molar-refractivity contribution in [1.82, 2.24) is 15.2 Å². The molecule has 3 heterocycles. The van der Waals surface area contributed by atoms with Gasteiger partial charge in [-0.1, -0.05) is 18.2 Å². The first kappa shape index (κ1) is 22.2. The molecule has 0 radical (unpaired) electrons. The van der Waals surface area contributed by atoms with E-state index < -0.39 is 0 Å². The molecule has 1 aliphatic carbocycles. The lowest BCUT2D eigenvalue weighted by Crippen LogP contribution is -2.49. The number of nitrogens with one attached hydrogen (secondary N) is 1. The van der Waals surface area contributed by atoms with Crippen LogP contribution in [0.1, 0.15) is 48.2 Å². The molecule has 0 spiro atoms. The number of fused-ring (bicyclic) bond motifs is 1. The second-order valence-electron chi connectivity index (χ2n) is 9.05. The third-order valence-electron chi connectivity index (χ3n) is 6.72. The molecule has 0 saturated carbocycles. The number of aromatic nitrogens is 1. The van der Waals surface area contributed by atoms with Gasteiger partial charge in [-0.3, -0.25) is 9.69 Å². The number of aryl methyl sites for hydroxylation is 2. The summed E-state index contributed by atoms with van der Waals surface area (Å²) in [6.45, 7) is 5.08. The van der Waals surface area contributed by atoms with Crippen molar-refractivity contribution in [1.29, 1.82) is 5.26 Å². The molecule has 1 aromatic carbocycles. The molecule has 2 aliphatic rings. The van der Waals surface area contributed by atoms with Gasteiger partial charge in [-0.05, 0) is 61.4 Å². The van der Waals surface area contributed by atoms with E-state index in [1.54, 1.807) is 18.4 Å². The minimum Gasteiger partial charge on any atom is -0.459 e. The smallest absolute Gasteiger partial charge is 0.266 e. The van der Waals surface area contributed by atoms with Gasteiger partial charge in [0.05, 0.1) is 18.8 Å². The Bertz CT molecular complexity index is 1190. The number of nitrogens with zero attached hydrogens (tertiary/aromatic N) is 4. The fourth-order valence-electron chi connectivity index (χ4n) is 4.81. The molecule has 3 aromatic rings. The van der Waals surface area contributed by atoms with E-state index in [0.717, 1.165) is 12.8 Å². The summed E-state index contributed by atoms with van der Waals surface area (Å²) in [7, 11) is 0. The van der Waals surface area contributed by atoms with Crippen LogP contribution in [0.2, 0.25) is 0 Å². The molecule has 2 aromatic heterocycles. The van der Waals surface area contributed by atoms with Gasteiger partial charge in [0, 0.05) is 26.2 Å². The third-order valence-corrected chi connectivity index (χ3v) is 6.72. The summed E-state index contributed by atoms with van der Waals surface area (Å²) in [4.78, 5) is 21.1. The summed E-state index contributed by atoms with van der Waals surface area (Å²) >= 11 is 0. The van der Waals surface area contributed by atoms with Crippen LogP contribution >= 0.6 is 0 Å². The average Bonchev–Trinajstić information content (AvgIpc) is 3.54. The van der Waals surface area contributed by atoms with Gasteiger partial charge in [-0.25, -0.2) is 0 Å². The maximum absolute atomic E-state index is 12.7. The van der Waals surface area contributed by atoms with Gasteiger partial charge < -0.3 is 19.1 Å². The molecule has 1 amide bonds. The van der Waals surface area contributed by atoms with Crippen LogP contribution in [0.4, 0.5) is 5.88 Å². The number of oxazole rings is 1. The molecule has 1 saturated heterocycles. The Morgan fingerprint density at radius 2 is 1.97 bits per heavy atom. The molecule has 0 unspecified atom stereocenters. The molecule has 1 aliphatic heterocycles. The molecule has 34 heavy (non-hydrogen) atoms. The second-order valence-corrected chi connectivity index (χ2v) is 9.05. The number of rotatable bonds is 6. The van der Waals surface area contributed by atoms with E-state index >= 15 is 0 Å². The maximum atomic E-state index is 12.7. The molecule has 1 fully saturated rings. The third kappa shape index (κ3) is 4.70. The van der Waals surface area contributed by atoms with E-state index in [9.17, 15) is 10.1 Å². The van der Waals surface area contributed by atoms with Gasteiger partial charge in [0.15, 0.2) is 5.76 Å². The van der Waals surface area contributed by atoms with Crippen molar-refractivity contribution in [3.05, 3.63) is 59.0 Å². The lowest BCUT2D eigenvalue weighted by atomic mass is 9.89. The minimum atomic E-state index is -0.0200. The lowest BCUT2D eigenvalue weighted by molar-refractivity contribution is -0.123. The first-order valence-electron chi connectivity index (χ1n) is 11.9. The van der Waals surface area contributed by atoms with Crippen LogP contribution in [0, 0.1) is 11.3 Å². The molecule has 1 N–H and O–H groups in total. The fraction of sp³-hybridized carbons (Fsp3) is 0.423. The first-order valence-corrected chi connectivity index (χ1v) is 11.9. The number of hydrogen-bond donors (Lipinski definition) is 1. The van der Waals surface area contributed by atoms with Crippen molar-refractivity contribution < 1.29 is 13.6 Å². The molecule has 1 atom stereocenters. The Hall–Kier alpha value is -3.57. The Morgan fingerprint density at radius 1 is 1.18 bits per heavy atom. The van der Waals surface area contributed by atoms with Crippen LogP contribution in [0.5, 0.6) is 0 Å². The predicted molar refractivity (Wildman–Crippen MR) is 127 cm³/mol. The summed E-state index contributed by atoms with van der Waals surface area (Å²) in [5, 5.41) is 12.6. The number of furan rings is 1. The van der Waals surface area contributed by atoms with E-state index in [2.05, 4.69) is 39.5 Å². The van der Waals surface area contributed by atoms with Crippen LogP contribution in [0.25, 0.3) is 11.7 Å². The molecule has 176 valence electrons. The highest BCUT2D eigenvalue weighted by Gasteiger charge is 2.26. The second kappa shape index (κ2) is 9.74. The zero-order valence-electron chi connectivity index (χ0n) is 19.4. The highest BCUT2D eigenvalue weighted by atomic mass is 16.4. The summed E-state index contributed by atoms with van der Waals surface area (Å²) < 4.78 is 11.2. The number of benzene rings is 1. The summed E-state index contributed by atoms with van der Waals surface area (Å²) in [5.74, 6) is 1.27. The van der Waals surface area contributed by atoms with E-state index in [0.29, 0.717) is 50.3 Å². The molecular weight excluding hydrogens is 430 g/mol. The van der Waals surface area contributed by atoms with Gasteiger partial charge in [0.1, 0.15) is 6.07 Å². The van der Waals surface area contributed by atoms with Crippen LogP contribution in [-0.2, 0) is 17.6 Å². The molecule has 5 rings (SSSR count). The Kier molecular flexibility index (Phi) is 6.37. The van der Waals surface area contributed by atoms with Gasteiger partial charge in [-0.2, -0.15) is 10.2 Å². The van der Waals surface area contributed by atoms with Gasteiger partial charge in [0.2, 0.25) is 17.5 Å². The van der Waals surface area contributed by atoms with Crippen LogP contribution in [0.3, 0.4) is 0 Å². The summed E-state index contributed by atoms with van der Waals surface area (Å²) in [6, 6.07) is 12.2. The monoisotopic (exact) mass is 459 g/mol. The minimum absolute atomic E-state index is 0.0200. The highest BCUT2D eigenvalue weighted by molar-refractivity contribution is 5.78. The van der Waals surface area contributed by atoms with Crippen molar-refractivity contribution in [2.75, 3.05) is 37.6 Å². The van der Waals surface area contributed by atoms with E-state index in [-0.39, 0.29) is 17.6 Å². The van der Waals surface area contributed by atoms with Crippen molar-refractivity contribution in [3.63, 3.8) is 0 Å². The number of piperazine rings is 1. The number of carbonyl (C=O) groups is 1. The average molecular weight is 460 g/mol. The Balaban J connectivity index is 1.15. The number of hydrogen-bond acceptors (Lipinski definition) is 7. The van der Waals surface area contributed by atoms with Gasteiger partial charge in [-0.15, -0.1) is 0 Å². The van der Waals surface area contributed by atoms with Crippen LogP contribution < -0.4 is 10.2 Å². The highest BCUT2D eigenvalue weighted by Crippen LogP contribution is 2.29. The molecule has 0 bridgehead atoms. The zero-order chi connectivity index (χ0) is 23.5. The zero-order valence-corrected chi connectivity index (χ0v) is 19.4. The number of anilines is 1. The standard InChI is InChI=1S/C26H29N5O3/c1-18(20-9-8-19-5-2-3-6-21(19)15-20)28-24(32)17-30-10-12-31(13-11-30)26-22(16-27)29-25(34-26)23-7-4-14-33-23/h4,7-9,14-15,18H,2-3,5-6,10-13,17H2,1H3,(H,28,32)/t18-/m1/s1. The maximum Gasteiger partial charge on any atom is 0.266 e. The Morgan fingerprint density at radius 3 is 2.71 bits per heavy atom. The summed E-state index contributed by atoms with van der Waals surface area (Å²) in [5.41, 5.74) is 4.30. The van der Waals surface area contributed by atoms with Gasteiger partial charge in [0.25, 0.3) is 5.89 Å². The van der Waals surface area contributed by atoms with E-state index in [4.69, 9.17) is 8.83 Å². The number of amides is 1. The molecule has 8 nitrogen and oxygen atoms in total. The fourth-order valence-corrected chi connectivity index (χ4v) is 4.81. The lowest BCUT2D eigenvalue weighted by Gasteiger charge is -2.34. The number of nitriles is 1. The largest absolute Gasteiger partial charge is 0.459 e. The van der Waals surface area contributed by atoms with Crippen molar-refractivity contribution >= 4 is 11.8 Å². The first-order chi connectivity index (χ1) is 16.6. The SMILES string of the molecule is C[C@@H](NC(=O)CN1CCN(c2oc(-c3ccco3)nc2C#N)CC1)c1ccc2c(c1)CCCC2. The van der Waals surface area contributed by atoms with Gasteiger partial charge >= 0.3 is 0 Å². The normalized spacial score (nSPS) is 17.1. The summed E-state index contributed by atoms with van der Waals surface area (Å²) in [6.07, 6.45) is 6.36. The quantitative estimate of drug-likeness (QED) is 0.600. The molecular formula is C26H29N5O3.